The lowest BCUT2D eigenvalue weighted by Crippen LogP contribution is -2.46. The number of hydrogen-bond donors (Lipinski definition) is 0. The number of benzene rings is 1. The molecule has 25 heavy (non-hydrogen) atoms. The number of nitrogens with zero attached hydrogens (tertiary/aromatic N) is 2. The lowest BCUT2D eigenvalue weighted by molar-refractivity contribution is -0.138. The van der Waals surface area contributed by atoms with E-state index in [0.717, 1.165) is 24.3 Å². The van der Waals surface area contributed by atoms with E-state index in [2.05, 4.69) is 17.1 Å². The van der Waals surface area contributed by atoms with Crippen molar-refractivity contribution >= 4 is 17.2 Å². The Kier molecular flexibility index (Phi) is 6.04. The van der Waals surface area contributed by atoms with Crippen LogP contribution in [0.2, 0.25) is 0 Å². The highest BCUT2D eigenvalue weighted by Crippen LogP contribution is 2.18. The molecule has 1 aromatic heterocycles. The molecule has 0 saturated carbocycles. The minimum absolute atomic E-state index is 0.0521. The van der Waals surface area contributed by atoms with Crippen LogP contribution >= 0.6 is 11.3 Å². The molecule has 1 aromatic carbocycles. The number of carbonyl (C=O) groups excluding carboxylic acids is 1. The largest absolute Gasteiger partial charge is 0.497 e. The molecule has 1 fully saturated rings. The van der Waals surface area contributed by atoms with Gasteiger partial charge in [0.25, 0.3) is 0 Å². The highest BCUT2D eigenvalue weighted by Gasteiger charge is 2.24. The summed E-state index contributed by atoms with van der Waals surface area (Å²) in [7, 11) is 1.66. The van der Waals surface area contributed by atoms with Gasteiger partial charge < -0.3 is 14.4 Å². The monoisotopic (exact) mass is 360 g/mol. The van der Waals surface area contributed by atoms with Gasteiger partial charge in [0, 0.05) is 30.8 Å². The quantitative estimate of drug-likeness (QED) is 0.795. The molecule has 0 radical (unpaired) electrons. The second-order valence-electron chi connectivity index (χ2n) is 6.25. The van der Waals surface area contributed by atoms with E-state index in [9.17, 15) is 4.79 Å². The number of aryl methyl sites for hydroxylation is 2. The normalized spacial score (nSPS) is 17.5. The summed E-state index contributed by atoms with van der Waals surface area (Å²) in [5.74, 6) is 1.05. The number of amides is 1. The average Bonchev–Trinajstić information content (AvgIpc) is 3.05. The number of rotatable bonds is 6. The van der Waals surface area contributed by atoms with Crippen LogP contribution in [0.5, 0.6) is 5.75 Å². The van der Waals surface area contributed by atoms with Gasteiger partial charge in [-0.15, -0.1) is 11.3 Å². The zero-order valence-electron chi connectivity index (χ0n) is 14.7. The number of carbonyl (C=O) groups is 1. The van der Waals surface area contributed by atoms with Crippen LogP contribution in [0.25, 0.3) is 0 Å². The molecule has 0 aliphatic carbocycles. The highest BCUT2D eigenvalue weighted by molar-refractivity contribution is 7.09. The molecule has 1 aliphatic rings. The fourth-order valence-corrected chi connectivity index (χ4v) is 3.82. The SMILES string of the molecule is COc1ccc(CC2CN(C(=O)CCc3scnc3C)CCO2)cc1. The van der Waals surface area contributed by atoms with E-state index in [1.165, 1.54) is 10.4 Å². The van der Waals surface area contributed by atoms with E-state index in [1.807, 2.05) is 29.5 Å². The Labute approximate surface area is 152 Å². The van der Waals surface area contributed by atoms with Crippen LogP contribution in [0.1, 0.15) is 22.6 Å². The molecule has 0 bridgehead atoms. The first-order chi connectivity index (χ1) is 12.2. The Morgan fingerprint density at radius 1 is 1.40 bits per heavy atom. The molecular formula is C19H24N2O3S. The standard InChI is InChI=1S/C19H24N2O3S/c1-14-18(25-13-20-14)7-8-19(22)21-9-10-24-17(12-21)11-15-3-5-16(23-2)6-4-15/h3-6,13,17H,7-12H2,1-2H3. The Morgan fingerprint density at radius 2 is 2.20 bits per heavy atom. The van der Waals surface area contributed by atoms with E-state index < -0.39 is 0 Å². The van der Waals surface area contributed by atoms with Crippen LogP contribution in [0, 0.1) is 6.92 Å². The van der Waals surface area contributed by atoms with Crippen LogP contribution in [0.3, 0.4) is 0 Å². The zero-order chi connectivity index (χ0) is 17.6. The smallest absolute Gasteiger partial charge is 0.223 e. The molecule has 5 nitrogen and oxygen atoms in total. The molecule has 1 atom stereocenters. The van der Waals surface area contributed by atoms with Gasteiger partial charge in [0.2, 0.25) is 5.91 Å². The maximum Gasteiger partial charge on any atom is 0.223 e. The first-order valence-electron chi connectivity index (χ1n) is 8.57. The van der Waals surface area contributed by atoms with E-state index in [1.54, 1.807) is 18.4 Å². The van der Waals surface area contributed by atoms with Gasteiger partial charge >= 0.3 is 0 Å². The zero-order valence-corrected chi connectivity index (χ0v) is 15.6. The fraction of sp³-hybridized carbons (Fsp3) is 0.474. The van der Waals surface area contributed by atoms with Gasteiger partial charge in [0.1, 0.15) is 5.75 Å². The van der Waals surface area contributed by atoms with Crippen molar-refractivity contribution in [2.45, 2.75) is 32.3 Å². The van der Waals surface area contributed by atoms with Gasteiger partial charge in [-0.05, 0) is 31.0 Å². The second kappa shape index (κ2) is 8.45. The fourth-order valence-electron chi connectivity index (χ4n) is 3.04. The number of hydrogen-bond acceptors (Lipinski definition) is 5. The van der Waals surface area contributed by atoms with E-state index in [4.69, 9.17) is 9.47 Å². The van der Waals surface area contributed by atoms with Crippen molar-refractivity contribution in [2.75, 3.05) is 26.8 Å². The van der Waals surface area contributed by atoms with Crippen molar-refractivity contribution in [3.05, 3.63) is 45.9 Å². The van der Waals surface area contributed by atoms with Gasteiger partial charge in [-0.1, -0.05) is 12.1 Å². The first-order valence-corrected chi connectivity index (χ1v) is 9.45. The third-order valence-corrected chi connectivity index (χ3v) is 5.52. The van der Waals surface area contributed by atoms with E-state index in [-0.39, 0.29) is 12.0 Å². The number of aromatic nitrogens is 1. The van der Waals surface area contributed by atoms with Crippen molar-refractivity contribution in [3.8, 4) is 5.75 Å². The molecule has 2 heterocycles. The highest BCUT2D eigenvalue weighted by atomic mass is 32.1. The summed E-state index contributed by atoms with van der Waals surface area (Å²) in [6.07, 6.45) is 2.17. The number of morpholine rings is 1. The molecule has 2 aromatic rings. The molecule has 0 N–H and O–H groups in total. The Morgan fingerprint density at radius 3 is 2.88 bits per heavy atom. The predicted molar refractivity (Wildman–Crippen MR) is 98.2 cm³/mol. The van der Waals surface area contributed by atoms with E-state index >= 15 is 0 Å². The summed E-state index contributed by atoms with van der Waals surface area (Å²) >= 11 is 1.63. The van der Waals surface area contributed by atoms with Gasteiger partial charge in [0.05, 0.1) is 31.0 Å². The summed E-state index contributed by atoms with van der Waals surface area (Å²) in [5.41, 5.74) is 4.08. The lowest BCUT2D eigenvalue weighted by Gasteiger charge is -2.33. The number of thiazole rings is 1. The minimum atomic E-state index is 0.0521. The van der Waals surface area contributed by atoms with Crippen LogP contribution in [0.15, 0.2) is 29.8 Å². The number of ether oxygens (including phenoxy) is 2. The Bertz CT molecular complexity index is 699. The molecule has 6 heteroatoms. The van der Waals surface area contributed by atoms with Gasteiger partial charge in [-0.3, -0.25) is 4.79 Å². The van der Waals surface area contributed by atoms with Gasteiger partial charge in [-0.2, -0.15) is 0 Å². The summed E-state index contributed by atoms with van der Waals surface area (Å²) < 4.78 is 11.0. The van der Waals surface area contributed by atoms with Crippen molar-refractivity contribution in [1.82, 2.24) is 9.88 Å². The lowest BCUT2D eigenvalue weighted by atomic mass is 10.1. The predicted octanol–water partition coefficient (Wildman–Crippen LogP) is 2.86. The molecule has 1 amide bonds. The van der Waals surface area contributed by atoms with Gasteiger partial charge in [-0.25, -0.2) is 4.98 Å². The topological polar surface area (TPSA) is 51.7 Å². The summed E-state index contributed by atoms with van der Waals surface area (Å²) in [6, 6.07) is 8.02. The first kappa shape index (κ1) is 17.9. The Hall–Kier alpha value is -1.92. The molecule has 3 rings (SSSR count). The third-order valence-electron chi connectivity index (χ3n) is 4.52. The van der Waals surface area contributed by atoms with Crippen molar-refractivity contribution in [2.24, 2.45) is 0 Å². The molecule has 0 spiro atoms. The molecule has 1 saturated heterocycles. The summed E-state index contributed by atoms with van der Waals surface area (Å²) in [6.45, 7) is 3.94. The van der Waals surface area contributed by atoms with Crippen LogP contribution in [-0.4, -0.2) is 48.7 Å². The maximum absolute atomic E-state index is 12.5. The third kappa shape index (κ3) is 4.80. The van der Waals surface area contributed by atoms with Crippen LogP contribution < -0.4 is 4.74 Å². The number of methoxy groups -OCH3 is 1. The van der Waals surface area contributed by atoms with Crippen molar-refractivity contribution in [1.29, 1.82) is 0 Å². The van der Waals surface area contributed by atoms with E-state index in [0.29, 0.717) is 26.1 Å². The molecular weight excluding hydrogens is 336 g/mol. The molecule has 134 valence electrons. The summed E-state index contributed by atoms with van der Waals surface area (Å²) in [4.78, 5) is 19.9. The molecule has 1 aliphatic heterocycles. The van der Waals surface area contributed by atoms with Crippen molar-refractivity contribution < 1.29 is 14.3 Å². The Balaban J connectivity index is 1.51. The minimum Gasteiger partial charge on any atom is -0.497 e. The average molecular weight is 360 g/mol. The van der Waals surface area contributed by atoms with Crippen LogP contribution in [0.4, 0.5) is 0 Å². The second-order valence-corrected chi connectivity index (χ2v) is 7.19. The van der Waals surface area contributed by atoms with Gasteiger partial charge in [0.15, 0.2) is 0 Å². The maximum atomic E-state index is 12.5. The summed E-state index contributed by atoms with van der Waals surface area (Å²) in [5, 5.41) is 0. The van der Waals surface area contributed by atoms with Crippen LogP contribution in [-0.2, 0) is 22.4 Å². The molecule has 1 unspecified atom stereocenters. The van der Waals surface area contributed by atoms with Crippen molar-refractivity contribution in [3.63, 3.8) is 0 Å².